The standard InChI is InChI=1S/C9H10Br2N2/c10-8-6(3-5-13-9(8)11)7-2-1-4-12-7/h3,5,7,12H,1-2,4H2/t7-/m0/s1. The molecule has 0 unspecified atom stereocenters. The predicted molar refractivity (Wildman–Crippen MR) is 59.6 cm³/mol. The fourth-order valence-corrected chi connectivity index (χ4v) is 2.51. The van der Waals surface area contributed by atoms with Gasteiger partial charge in [-0.1, -0.05) is 0 Å². The van der Waals surface area contributed by atoms with Gasteiger partial charge in [0.15, 0.2) is 0 Å². The highest BCUT2D eigenvalue weighted by Crippen LogP contribution is 2.32. The Balaban J connectivity index is 2.33. The second-order valence-electron chi connectivity index (χ2n) is 3.15. The van der Waals surface area contributed by atoms with Crippen molar-refractivity contribution >= 4 is 31.9 Å². The van der Waals surface area contributed by atoms with Crippen LogP contribution in [-0.2, 0) is 0 Å². The molecular formula is C9H10Br2N2. The van der Waals surface area contributed by atoms with Gasteiger partial charge in [-0.3, -0.25) is 0 Å². The number of nitrogens with one attached hydrogen (secondary N) is 1. The van der Waals surface area contributed by atoms with Crippen molar-refractivity contribution in [1.82, 2.24) is 10.3 Å². The molecule has 2 nitrogen and oxygen atoms in total. The molecule has 1 fully saturated rings. The van der Waals surface area contributed by atoms with Crippen molar-refractivity contribution in [3.05, 3.63) is 26.9 Å². The van der Waals surface area contributed by atoms with E-state index < -0.39 is 0 Å². The molecule has 0 saturated carbocycles. The topological polar surface area (TPSA) is 24.9 Å². The zero-order valence-electron chi connectivity index (χ0n) is 7.06. The van der Waals surface area contributed by atoms with Crippen LogP contribution < -0.4 is 5.32 Å². The van der Waals surface area contributed by atoms with Gasteiger partial charge in [-0.25, -0.2) is 4.98 Å². The summed E-state index contributed by atoms with van der Waals surface area (Å²) in [4.78, 5) is 4.15. The van der Waals surface area contributed by atoms with Crippen LogP contribution in [0.25, 0.3) is 0 Å². The quantitative estimate of drug-likeness (QED) is 0.807. The van der Waals surface area contributed by atoms with Crippen LogP contribution in [0.1, 0.15) is 24.4 Å². The third-order valence-corrected chi connectivity index (χ3v) is 4.28. The molecule has 1 saturated heterocycles. The van der Waals surface area contributed by atoms with Crippen LogP contribution in [0.5, 0.6) is 0 Å². The molecule has 2 heterocycles. The Morgan fingerprint density at radius 1 is 1.46 bits per heavy atom. The molecule has 1 N–H and O–H groups in total. The number of nitrogens with zero attached hydrogens (tertiary/aromatic N) is 1. The van der Waals surface area contributed by atoms with E-state index in [9.17, 15) is 0 Å². The van der Waals surface area contributed by atoms with E-state index in [0.717, 1.165) is 15.6 Å². The molecule has 4 heteroatoms. The van der Waals surface area contributed by atoms with Gasteiger partial charge >= 0.3 is 0 Å². The fraction of sp³-hybridized carbons (Fsp3) is 0.444. The number of pyridine rings is 1. The number of hydrogen-bond donors (Lipinski definition) is 1. The maximum Gasteiger partial charge on any atom is 0.120 e. The highest BCUT2D eigenvalue weighted by molar-refractivity contribution is 9.13. The smallest absolute Gasteiger partial charge is 0.120 e. The summed E-state index contributed by atoms with van der Waals surface area (Å²) >= 11 is 6.95. The third-order valence-electron chi connectivity index (χ3n) is 2.31. The maximum atomic E-state index is 4.15. The first-order valence-electron chi connectivity index (χ1n) is 4.32. The van der Waals surface area contributed by atoms with Crippen molar-refractivity contribution in [2.75, 3.05) is 6.54 Å². The van der Waals surface area contributed by atoms with Crippen LogP contribution in [0, 0.1) is 0 Å². The number of hydrogen-bond acceptors (Lipinski definition) is 2. The molecule has 0 radical (unpaired) electrons. The van der Waals surface area contributed by atoms with Crippen LogP contribution in [0.2, 0.25) is 0 Å². The van der Waals surface area contributed by atoms with Gasteiger partial charge in [0.2, 0.25) is 0 Å². The van der Waals surface area contributed by atoms with Gasteiger partial charge in [0, 0.05) is 12.2 Å². The molecule has 1 atom stereocenters. The molecule has 1 aromatic rings. The zero-order valence-corrected chi connectivity index (χ0v) is 10.2. The monoisotopic (exact) mass is 304 g/mol. The number of rotatable bonds is 1. The minimum absolute atomic E-state index is 0.494. The van der Waals surface area contributed by atoms with Crippen molar-refractivity contribution < 1.29 is 0 Å². The molecule has 2 rings (SSSR count). The molecular weight excluding hydrogens is 296 g/mol. The largest absolute Gasteiger partial charge is 0.310 e. The SMILES string of the molecule is Brc1nccc([C@@H]2CCCN2)c1Br. The van der Waals surface area contributed by atoms with E-state index >= 15 is 0 Å². The molecule has 0 aromatic carbocycles. The summed E-state index contributed by atoms with van der Waals surface area (Å²) in [6.07, 6.45) is 4.32. The average molecular weight is 306 g/mol. The maximum absolute atomic E-state index is 4.15. The van der Waals surface area contributed by atoms with Crippen LogP contribution in [0.4, 0.5) is 0 Å². The minimum atomic E-state index is 0.494. The summed E-state index contributed by atoms with van der Waals surface area (Å²) in [6.45, 7) is 1.12. The Labute approximate surface area is 94.4 Å². The van der Waals surface area contributed by atoms with E-state index in [1.165, 1.54) is 18.4 Å². The second kappa shape index (κ2) is 4.07. The minimum Gasteiger partial charge on any atom is -0.310 e. The third kappa shape index (κ3) is 1.95. The van der Waals surface area contributed by atoms with Gasteiger partial charge in [-0.15, -0.1) is 0 Å². The van der Waals surface area contributed by atoms with Crippen molar-refractivity contribution in [2.45, 2.75) is 18.9 Å². The Morgan fingerprint density at radius 3 is 3.00 bits per heavy atom. The molecule has 13 heavy (non-hydrogen) atoms. The first kappa shape index (κ1) is 9.62. The molecule has 0 bridgehead atoms. The molecule has 70 valence electrons. The van der Waals surface area contributed by atoms with Crippen molar-refractivity contribution in [3.8, 4) is 0 Å². The lowest BCUT2D eigenvalue weighted by Crippen LogP contribution is -2.13. The van der Waals surface area contributed by atoms with Crippen molar-refractivity contribution in [1.29, 1.82) is 0 Å². The lowest BCUT2D eigenvalue weighted by molar-refractivity contribution is 0.643. The van der Waals surface area contributed by atoms with E-state index in [0.29, 0.717) is 6.04 Å². The van der Waals surface area contributed by atoms with E-state index in [2.05, 4.69) is 48.2 Å². The summed E-state index contributed by atoms with van der Waals surface area (Å²) in [5, 5.41) is 3.46. The summed E-state index contributed by atoms with van der Waals surface area (Å²) in [5.41, 5.74) is 1.30. The van der Waals surface area contributed by atoms with E-state index in [1.807, 2.05) is 6.20 Å². The zero-order chi connectivity index (χ0) is 9.26. The Hall–Kier alpha value is 0.0700. The number of aromatic nitrogens is 1. The van der Waals surface area contributed by atoms with Gasteiger partial charge in [0.05, 0.1) is 4.47 Å². The molecule has 0 spiro atoms. The first-order valence-corrected chi connectivity index (χ1v) is 5.91. The Bertz CT molecular complexity index is 308. The van der Waals surface area contributed by atoms with Gasteiger partial charge < -0.3 is 5.32 Å². The Morgan fingerprint density at radius 2 is 2.31 bits per heavy atom. The van der Waals surface area contributed by atoms with Crippen LogP contribution in [0.15, 0.2) is 21.3 Å². The summed E-state index contributed by atoms with van der Waals surface area (Å²) in [7, 11) is 0. The highest BCUT2D eigenvalue weighted by atomic mass is 79.9. The van der Waals surface area contributed by atoms with E-state index in [4.69, 9.17) is 0 Å². The normalized spacial score (nSPS) is 22.2. The molecule has 0 amide bonds. The van der Waals surface area contributed by atoms with Crippen molar-refractivity contribution in [2.24, 2.45) is 0 Å². The van der Waals surface area contributed by atoms with Gasteiger partial charge in [0.1, 0.15) is 4.60 Å². The lowest BCUT2D eigenvalue weighted by Gasteiger charge is -2.12. The summed E-state index contributed by atoms with van der Waals surface area (Å²) in [6, 6.07) is 2.56. The van der Waals surface area contributed by atoms with Gasteiger partial charge in [-0.2, -0.15) is 0 Å². The van der Waals surface area contributed by atoms with Gasteiger partial charge in [-0.05, 0) is 62.9 Å². The molecule has 0 aliphatic carbocycles. The Kier molecular flexibility index (Phi) is 3.01. The summed E-state index contributed by atoms with van der Waals surface area (Å²) in [5.74, 6) is 0. The van der Waals surface area contributed by atoms with Crippen molar-refractivity contribution in [3.63, 3.8) is 0 Å². The van der Waals surface area contributed by atoms with Crippen LogP contribution in [0.3, 0.4) is 0 Å². The average Bonchev–Trinajstić information content (AvgIpc) is 2.62. The molecule has 1 aromatic heterocycles. The van der Waals surface area contributed by atoms with E-state index in [1.54, 1.807) is 0 Å². The highest BCUT2D eigenvalue weighted by Gasteiger charge is 2.19. The number of halogens is 2. The second-order valence-corrected chi connectivity index (χ2v) is 4.70. The van der Waals surface area contributed by atoms with Gasteiger partial charge in [0.25, 0.3) is 0 Å². The molecule has 1 aliphatic heterocycles. The van der Waals surface area contributed by atoms with Crippen LogP contribution in [-0.4, -0.2) is 11.5 Å². The molecule has 1 aliphatic rings. The summed E-state index contributed by atoms with van der Waals surface area (Å²) < 4.78 is 1.97. The van der Waals surface area contributed by atoms with Crippen LogP contribution >= 0.6 is 31.9 Å². The first-order chi connectivity index (χ1) is 6.29. The lowest BCUT2D eigenvalue weighted by atomic mass is 10.1. The predicted octanol–water partition coefficient (Wildman–Crippen LogP) is 3.03. The fourth-order valence-electron chi connectivity index (χ4n) is 1.65. The van der Waals surface area contributed by atoms with E-state index in [-0.39, 0.29) is 0 Å².